The molecule has 0 spiro atoms. The summed E-state index contributed by atoms with van der Waals surface area (Å²) in [6.45, 7) is 0.841. The van der Waals surface area contributed by atoms with Crippen molar-refractivity contribution in [2.45, 2.75) is 30.5 Å². The molecule has 0 saturated heterocycles. The highest BCUT2D eigenvalue weighted by atomic mass is 35.5. The minimum atomic E-state index is -4.64. The zero-order chi connectivity index (χ0) is 18.2. The second-order valence-electron chi connectivity index (χ2n) is 5.89. The van der Waals surface area contributed by atoms with E-state index in [2.05, 4.69) is 9.71 Å². The Hall–Kier alpha value is -1.58. The monoisotopic (exact) mass is 393 g/mol. The van der Waals surface area contributed by atoms with Crippen LogP contribution in [0.1, 0.15) is 17.8 Å². The predicted molar refractivity (Wildman–Crippen MR) is 85.7 cm³/mol. The third-order valence-electron chi connectivity index (χ3n) is 4.16. The van der Waals surface area contributed by atoms with Gasteiger partial charge in [-0.05, 0) is 30.5 Å². The average Bonchev–Trinajstić information content (AvgIpc) is 2.99. The van der Waals surface area contributed by atoms with Gasteiger partial charge in [0.1, 0.15) is 10.7 Å². The highest BCUT2D eigenvalue weighted by Gasteiger charge is 2.33. The number of hydrogen-bond acceptors (Lipinski definition) is 3. The number of nitrogens with zero attached hydrogens (tertiary/aromatic N) is 2. The molecule has 25 heavy (non-hydrogen) atoms. The molecule has 0 radical (unpaired) electrons. The summed E-state index contributed by atoms with van der Waals surface area (Å²) in [6.07, 6.45) is 0.256. The molecule has 10 heteroatoms. The van der Waals surface area contributed by atoms with Gasteiger partial charge in [0.2, 0.25) is 10.0 Å². The smallest absolute Gasteiger partial charge is 0.335 e. The van der Waals surface area contributed by atoms with Crippen LogP contribution in [0.2, 0.25) is 5.02 Å². The molecule has 0 saturated carbocycles. The van der Waals surface area contributed by atoms with Crippen molar-refractivity contribution in [3.05, 3.63) is 47.0 Å². The molecule has 2 heterocycles. The van der Waals surface area contributed by atoms with E-state index in [0.29, 0.717) is 12.5 Å². The van der Waals surface area contributed by atoms with Gasteiger partial charge in [-0.15, -0.1) is 0 Å². The maximum atomic E-state index is 12.8. The number of aromatic nitrogens is 2. The van der Waals surface area contributed by atoms with Crippen molar-refractivity contribution >= 4 is 21.6 Å². The minimum Gasteiger partial charge on any atom is -0.335 e. The summed E-state index contributed by atoms with van der Waals surface area (Å²) in [6, 6.07) is 2.25. The summed E-state index contributed by atoms with van der Waals surface area (Å²) in [5, 5.41) is -0.250. The molecule has 0 bridgehead atoms. The maximum Gasteiger partial charge on any atom is 0.416 e. The SMILES string of the molecule is O=S(=O)(NCC1CCn2ccnc2C1)c1cc(C(F)(F)F)ccc1Cl. The quantitative estimate of drug-likeness (QED) is 0.868. The van der Waals surface area contributed by atoms with Crippen LogP contribution in [0.4, 0.5) is 13.2 Å². The van der Waals surface area contributed by atoms with Gasteiger partial charge in [0.25, 0.3) is 0 Å². The molecule has 1 aliphatic heterocycles. The fourth-order valence-corrected chi connectivity index (χ4v) is 4.42. The van der Waals surface area contributed by atoms with Gasteiger partial charge in [-0.25, -0.2) is 18.1 Å². The fraction of sp³-hybridized carbons (Fsp3) is 0.400. The predicted octanol–water partition coefficient (Wildman–Crippen LogP) is 3.10. The molecule has 1 N–H and O–H groups in total. The van der Waals surface area contributed by atoms with E-state index in [0.717, 1.165) is 30.9 Å². The topological polar surface area (TPSA) is 64.0 Å². The largest absolute Gasteiger partial charge is 0.416 e. The van der Waals surface area contributed by atoms with Crippen LogP contribution in [-0.2, 0) is 29.2 Å². The first kappa shape index (κ1) is 18.2. The zero-order valence-electron chi connectivity index (χ0n) is 12.9. The molecular formula is C15H15ClF3N3O2S. The molecule has 0 amide bonds. The standard InChI is InChI=1S/C15H15ClF3N3O2S/c16-12-2-1-11(15(17,18)19)8-13(12)25(23,24)21-9-10-3-5-22-6-4-20-14(22)7-10/h1-2,4,6,8,10,21H,3,5,7,9H2. The zero-order valence-corrected chi connectivity index (χ0v) is 14.5. The number of benzene rings is 1. The lowest BCUT2D eigenvalue weighted by Gasteiger charge is -2.23. The molecule has 1 unspecified atom stereocenters. The van der Waals surface area contributed by atoms with E-state index < -0.39 is 26.7 Å². The first-order valence-electron chi connectivity index (χ1n) is 7.53. The number of rotatable bonds is 4. The average molecular weight is 394 g/mol. The number of imidazole rings is 1. The van der Waals surface area contributed by atoms with Crippen LogP contribution in [0.15, 0.2) is 35.5 Å². The van der Waals surface area contributed by atoms with Crippen LogP contribution in [0.25, 0.3) is 0 Å². The molecule has 3 rings (SSSR count). The highest BCUT2D eigenvalue weighted by Crippen LogP contribution is 2.33. The number of fused-ring (bicyclic) bond motifs is 1. The van der Waals surface area contributed by atoms with Gasteiger partial charge >= 0.3 is 6.18 Å². The Labute approximate surface area is 147 Å². The van der Waals surface area contributed by atoms with Crippen molar-refractivity contribution in [3.63, 3.8) is 0 Å². The van der Waals surface area contributed by atoms with Crippen LogP contribution in [0.3, 0.4) is 0 Å². The van der Waals surface area contributed by atoms with Crippen LogP contribution >= 0.6 is 11.6 Å². The number of aryl methyl sites for hydroxylation is 1. The van der Waals surface area contributed by atoms with Crippen molar-refractivity contribution in [1.82, 2.24) is 14.3 Å². The molecule has 0 fully saturated rings. The summed E-state index contributed by atoms with van der Waals surface area (Å²) < 4.78 is 67.6. The number of hydrogen-bond donors (Lipinski definition) is 1. The maximum absolute atomic E-state index is 12.8. The number of sulfonamides is 1. The molecule has 5 nitrogen and oxygen atoms in total. The fourth-order valence-electron chi connectivity index (χ4n) is 2.78. The van der Waals surface area contributed by atoms with Crippen molar-refractivity contribution in [2.75, 3.05) is 6.54 Å². The first-order chi connectivity index (χ1) is 11.7. The molecule has 136 valence electrons. The van der Waals surface area contributed by atoms with E-state index in [1.807, 2.05) is 10.8 Å². The van der Waals surface area contributed by atoms with Gasteiger partial charge in [0.05, 0.1) is 10.6 Å². The summed E-state index contributed by atoms with van der Waals surface area (Å²) in [7, 11) is -4.15. The summed E-state index contributed by atoms with van der Waals surface area (Å²) in [5.41, 5.74) is -1.06. The van der Waals surface area contributed by atoms with Crippen molar-refractivity contribution in [1.29, 1.82) is 0 Å². The van der Waals surface area contributed by atoms with Gasteiger partial charge in [-0.3, -0.25) is 0 Å². The Morgan fingerprint density at radius 1 is 1.36 bits per heavy atom. The van der Waals surface area contributed by atoms with Gasteiger partial charge < -0.3 is 4.57 Å². The second kappa shape index (κ2) is 6.62. The number of halogens is 4. The van der Waals surface area contributed by atoms with E-state index in [1.54, 1.807) is 6.20 Å². The van der Waals surface area contributed by atoms with E-state index in [-0.39, 0.29) is 17.5 Å². The number of nitrogens with one attached hydrogen (secondary N) is 1. The Morgan fingerprint density at radius 2 is 2.12 bits per heavy atom. The number of alkyl halides is 3. The Morgan fingerprint density at radius 3 is 2.84 bits per heavy atom. The van der Waals surface area contributed by atoms with E-state index >= 15 is 0 Å². The van der Waals surface area contributed by atoms with E-state index in [1.165, 1.54) is 0 Å². The van der Waals surface area contributed by atoms with E-state index in [4.69, 9.17) is 11.6 Å². The van der Waals surface area contributed by atoms with Crippen molar-refractivity contribution in [2.24, 2.45) is 5.92 Å². The Bertz CT molecular complexity index is 880. The van der Waals surface area contributed by atoms with Gasteiger partial charge in [-0.2, -0.15) is 13.2 Å². The first-order valence-corrected chi connectivity index (χ1v) is 9.39. The lowest BCUT2D eigenvalue weighted by molar-refractivity contribution is -0.137. The lowest BCUT2D eigenvalue weighted by atomic mass is 9.98. The normalized spacial score (nSPS) is 18.2. The summed E-state index contributed by atoms with van der Waals surface area (Å²) in [4.78, 5) is 3.63. The van der Waals surface area contributed by atoms with Crippen LogP contribution < -0.4 is 4.72 Å². The van der Waals surface area contributed by atoms with Crippen LogP contribution in [0.5, 0.6) is 0 Å². The molecule has 2 aromatic rings. The van der Waals surface area contributed by atoms with Gasteiger partial charge in [-0.1, -0.05) is 11.6 Å². The van der Waals surface area contributed by atoms with Crippen LogP contribution in [0, 0.1) is 5.92 Å². The Balaban J connectivity index is 1.74. The Kier molecular flexibility index (Phi) is 4.82. The van der Waals surface area contributed by atoms with E-state index in [9.17, 15) is 21.6 Å². The highest BCUT2D eigenvalue weighted by molar-refractivity contribution is 7.89. The molecule has 1 aromatic carbocycles. The molecule has 1 aromatic heterocycles. The van der Waals surface area contributed by atoms with Crippen molar-refractivity contribution < 1.29 is 21.6 Å². The van der Waals surface area contributed by atoms with Crippen LogP contribution in [-0.4, -0.2) is 24.5 Å². The summed E-state index contributed by atoms with van der Waals surface area (Å²) >= 11 is 5.80. The molecule has 0 aliphatic carbocycles. The molecule has 1 aliphatic rings. The lowest BCUT2D eigenvalue weighted by Crippen LogP contribution is -2.33. The third kappa shape index (κ3) is 3.99. The molecular weight excluding hydrogens is 379 g/mol. The van der Waals surface area contributed by atoms with Gasteiger partial charge in [0, 0.05) is 31.9 Å². The van der Waals surface area contributed by atoms with Crippen molar-refractivity contribution in [3.8, 4) is 0 Å². The molecule has 1 atom stereocenters. The second-order valence-corrected chi connectivity index (χ2v) is 8.03. The minimum absolute atomic E-state index is 0.0225. The van der Waals surface area contributed by atoms with Gasteiger partial charge in [0.15, 0.2) is 0 Å². The summed E-state index contributed by atoms with van der Waals surface area (Å²) in [5.74, 6) is 0.891. The third-order valence-corrected chi connectivity index (χ3v) is 6.07.